The Morgan fingerprint density at radius 1 is 0.536 bits per heavy atom. The molecule has 56 heavy (non-hydrogen) atoms. The fourth-order valence-electron chi connectivity index (χ4n) is 11.3. The lowest BCUT2D eigenvalue weighted by atomic mass is 9.48. The van der Waals surface area contributed by atoms with Crippen LogP contribution >= 0.6 is 0 Å². The van der Waals surface area contributed by atoms with Gasteiger partial charge >= 0.3 is 0 Å². The quantitative estimate of drug-likeness (QED) is 0.171. The van der Waals surface area contributed by atoms with Crippen molar-refractivity contribution in [1.29, 1.82) is 0 Å². The van der Waals surface area contributed by atoms with Crippen molar-refractivity contribution in [2.24, 2.45) is 17.8 Å². The molecular formula is C51H40N4O. The molecule has 0 saturated heterocycles. The van der Waals surface area contributed by atoms with E-state index >= 15 is 0 Å². The van der Waals surface area contributed by atoms with E-state index in [1.807, 2.05) is 36.4 Å². The number of para-hydroxylation sites is 1. The summed E-state index contributed by atoms with van der Waals surface area (Å²) >= 11 is 0. The van der Waals surface area contributed by atoms with E-state index in [2.05, 4.69) is 114 Å². The van der Waals surface area contributed by atoms with Gasteiger partial charge < -0.3 is 8.98 Å². The van der Waals surface area contributed by atoms with Crippen LogP contribution in [0.4, 0.5) is 0 Å². The van der Waals surface area contributed by atoms with E-state index in [1.165, 1.54) is 66.0 Å². The normalized spacial score (nSPS) is 21.4. The van der Waals surface area contributed by atoms with E-state index in [4.69, 9.17) is 19.4 Å². The molecule has 5 nitrogen and oxygen atoms in total. The van der Waals surface area contributed by atoms with Gasteiger partial charge in [-0.2, -0.15) is 0 Å². The first kappa shape index (κ1) is 32.0. The van der Waals surface area contributed by atoms with Crippen molar-refractivity contribution in [2.75, 3.05) is 0 Å². The standard InChI is InChI=1S/C51H40N4O/c1-4-10-35(11-5-1)44-27-45(54-50(53-44)36-12-6-2-7-13-36)43-21-20-40(48-49(43)56-31-52-48)37-16-18-41-42-19-17-38(51-28-32-22-33(29-51)24-34(23-32)30-51)26-47(42)55(46(41)25-37)39-14-8-3-9-15-39/h1-21,25-27,31-34H,22-24,28-30H2. The molecule has 6 aromatic carbocycles. The smallest absolute Gasteiger partial charge is 0.182 e. The number of hydrogen-bond donors (Lipinski definition) is 0. The van der Waals surface area contributed by atoms with Gasteiger partial charge in [0, 0.05) is 38.7 Å². The molecule has 0 spiro atoms. The molecule has 4 fully saturated rings. The second-order valence-electron chi connectivity index (χ2n) is 16.7. The van der Waals surface area contributed by atoms with Crippen LogP contribution in [0, 0.1) is 17.8 Å². The van der Waals surface area contributed by atoms with E-state index in [-0.39, 0.29) is 0 Å². The summed E-state index contributed by atoms with van der Waals surface area (Å²) in [7, 11) is 0. The maximum atomic E-state index is 6.22. The Morgan fingerprint density at radius 3 is 1.86 bits per heavy atom. The van der Waals surface area contributed by atoms with E-state index < -0.39 is 0 Å². The Hall–Kier alpha value is -6.33. The predicted molar refractivity (Wildman–Crippen MR) is 226 cm³/mol. The largest absolute Gasteiger partial charge is 0.443 e. The molecule has 9 aromatic rings. The summed E-state index contributed by atoms with van der Waals surface area (Å²) in [5.41, 5.74) is 13.7. The topological polar surface area (TPSA) is 56.7 Å². The van der Waals surface area contributed by atoms with Crippen molar-refractivity contribution in [3.05, 3.63) is 158 Å². The van der Waals surface area contributed by atoms with E-state index in [9.17, 15) is 0 Å². The van der Waals surface area contributed by atoms with Gasteiger partial charge in [0.25, 0.3) is 0 Å². The summed E-state index contributed by atoms with van der Waals surface area (Å²) in [6.45, 7) is 0. The number of hydrogen-bond acceptors (Lipinski definition) is 4. The molecule has 0 unspecified atom stereocenters. The van der Waals surface area contributed by atoms with Gasteiger partial charge in [-0.1, -0.05) is 109 Å². The second-order valence-corrected chi connectivity index (χ2v) is 16.7. The zero-order valence-electron chi connectivity index (χ0n) is 31.1. The number of rotatable bonds is 6. The third-order valence-corrected chi connectivity index (χ3v) is 13.3. The third kappa shape index (κ3) is 5.03. The molecule has 4 bridgehead atoms. The lowest BCUT2D eigenvalue weighted by Crippen LogP contribution is -2.48. The highest BCUT2D eigenvalue weighted by Crippen LogP contribution is 2.61. The van der Waals surface area contributed by atoms with Gasteiger partial charge in [-0.3, -0.25) is 0 Å². The molecule has 0 amide bonds. The van der Waals surface area contributed by atoms with Gasteiger partial charge in [-0.25, -0.2) is 15.0 Å². The van der Waals surface area contributed by atoms with Crippen LogP contribution in [0.25, 0.3) is 83.6 Å². The fraction of sp³-hybridized carbons (Fsp3) is 0.196. The molecule has 4 aliphatic carbocycles. The second kappa shape index (κ2) is 12.3. The monoisotopic (exact) mass is 724 g/mol. The van der Waals surface area contributed by atoms with Crippen LogP contribution < -0.4 is 0 Å². The van der Waals surface area contributed by atoms with Crippen LogP contribution in [-0.2, 0) is 5.41 Å². The zero-order chi connectivity index (χ0) is 36.8. The van der Waals surface area contributed by atoms with E-state index in [1.54, 1.807) is 12.0 Å². The Kier molecular flexibility index (Phi) is 7.04. The molecule has 0 aliphatic heterocycles. The Balaban J connectivity index is 1.01. The Bertz CT molecular complexity index is 2850. The molecule has 270 valence electrons. The average molecular weight is 725 g/mol. The highest BCUT2D eigenvalue weighted by atomic mass is 16.3. The summed E-state index contributed by atoms with van der Waals surface area (Å²) in [4.78, 5) is 14.9. The van der Waals surface area contributed by atoms with Gasteiger partial charge in [0.15, 0.2) is 17.8 Å². The average Bonchev–Trinajstić information content (AvgIpc) is 3.87. The van der Waals surface area contributed by atoms with Crippen LogP contribution in [0.3, 0.4) is 0 Å². The van der Waals surface area contributed by atoms with Crippen LogP contribution in [0.2, 0.25) is 0 Å². The van der Waals surface area contributed by atoms with Crippen molar-refractivity contribution in [1.82, 2.24) is 19.5 Å². The van der Waals surface area contributed by atoms with Gasteiger partial charge in [-0.15, -0.1) is 0 Å². The van der Waals surface area contributed by atoms with E-state index in [0.717, 1.165) is 62.5 Å². The molecule has 0 atom stereocenters. The van der Waals surface area contributed by atoms with Crippen LogP contribution in [-0.4, -0.2) is 19.5 Å². The summed E-state index contributed by atoms with van der Waals surface area (Å²) in [6, 6.07) is 52.1. The summed E-state index contributed by atoms with van der Waals surface area (Å²) in [6.07, 6.45) is 10.0. The fourth-order valence-corrected chi connectivity index (χ4v) is 11.3. The van der Waals surface area contributed by atoms with Crippen molar-refractivity contribution < 1.29 is 4.42 Å². The minimum atomic E-state index is 0.333. The Morgan fingerprint density at radius 2 is 1.14 bits per heavy atom. The number of oxazole rings is 1. The summed E-state index contributed by atoms with van der Waals surface area (Å²) < 4.78 is 8.71. The highest BCUT2D eigenvalue weighted by molar-refractivity contribution is 6.11. The third-order valence-electron chi connectivity index (χ3n) is 13.3. The minimum absolute atomic E-state index is 0.333. The van der Waals surface area contributed by atoms with Crippen LogP contribution in [0.1, 0.15) is 44.1 Å². The first-order valence-corrected chi connectivity index (χ1v) is 20.2. The molecule has 3 heterocycles. The number of benzene rings is 6. The lowest BCUT2D eigenvalue weighted by Gasteiger charge is -2.57. The first-order valence-electron chi connectivity index (χ1n) is 20.2. The van der Waals surface area contributed by atoms with Gasteiger partial charge in [-0.05, 0) is 109 Å². The van der Waals surface area contributed by atoms with Crippen LogP contribution in [0.5, 0.6) is 0 Å². The molecule has 4 aliphatic rings. The van der Waals surface area contributed by atoms with Crippen molar-refractivity contribution in [3.8, 4) is 50.7 Å². The zero-order valence-corrected chi connectivity index (χ0v) is 31.1. The van der Waals surface area contributed by atoms with E-state index in [0.29, 0.717) is 16.8 Å². The number of nitrogens with zero attached hydrogens (tertiary/aromatic N) is 4. The van der Waals surface area contributed by atoms with Crippen molar-refractivity contribution >= 4 is 32.9 Å². The molecule has 5 heteroatoms. The Labute approximate surface area is 325 Å². The maximum Gasteiger partial charge on any atom is 0.182 e. The first-order chi connectivity index (χ1) is 27.7. The van der Waals surface area contributed by atoms with Crippen molar-refractivity contribution in [3.63, 3.8) is 0 Å². The minimum Gasteiger partial charge on any atom is -0.443 e. The van der Waals surface area contributed by atoms with Gasteiger partial charge in [0.1, 0.15) is 5.52 Å². The highest BCUT2D eigenvalue weighted by Gasteiger charge is 2.51. The maximum absolute atomic E-state index is 6.22. The molecule has 13 rings (SSSR count). The molecule has 4 saturated carbocycles. The van der Waals surface area contributed by atoms with Crippen LogP contribution in [0.15, 0.2) is 156 Å². The summed E-state index contributed by atoms with van der Waals surface area (Å²) in [5, 5.41) is 2.57. The lowest BCUT2D eigenvalue weighted by molar-refractivity contribution is -0.00513. The SMILES string of the molecule is c1ccc(-c2cc(-c3ccc(-c4ccc5c6ccc(C78CC9CC(CC(C9)C7)C8)cc6n(-c6ccccc6)c5c4)c4ncoc34)nc(-c3ccccc3)n2)cc1. The molecular weight excluding hydrogens is 685 g/mol. The van der Waals surface area contributed by atoms with Gasteiger partial charge in [0.05, 0.1) is 22.4 Å². The predicted octanol–water partition coefficient (Wildman–Crippen LogP) is 12.9. The summed E-state index contributed by atoms with van der Waals surface area (Å²) in [5.74, 6) is 3.39. The molecule has 0 radical (unpaired) electrons. The van der Waals surface area contributed by atoms with Crippen molar-refractivity contribution in [2.45, 2.75) is 43.9 Å². The molecule has 0 N–H and O–H groups in total. The van der Waals surface area contributed by atoms with Gasteiger partial charge in [0.2, 0.25) is 0 Å². The molecule has 3 aromatic heterocycles. The number of fused-ring (bicyclic) bond motifs is 4. The number of aromatic nitrogens is 4.